The summed E-state index contributed by atoms with van der Waals surface area (Å²) in [5.41, 5.74) is 2.53. The van der Waals surface area contributed by atoms with Crippen molar-refractivity contribution in [1.29, 1.82) is 5.26 Å². The van der Waals surface area contributed by atoms with Crippen LogP contribution in [0.25, 0.3) is 5.65 Å². The smallest absolute Gasteiger partial charge is 0.175 e. The molecule has 0 bridgehead atoms. The molecule has 112 valence electrons. The molecule has 1 unspecified atom stereocenters. The molecule has 6 heteroatoms. The SMILES string of the molecule is Cc1nc2c(C#N)cnn2c(NC(C)(C)C)c1C(C)CO. The fourth-order valence-electron chi connectivity index (χ4n) is 2.35. The van der Waals surface area contributed by atoms with Crippen molar-refractivity contribution in [3.8, 4) is 6.07 Å². The molecule has 2 N–H and O–H groups in total. The van der Waals surface area contributed by atoms with Gasteiger partial charge in [-0.3, -0.25) is 0 Å². The van der Waals surface area contributed by atoms with Crippen molar-refractivity contribution in [2.24, 2.45) is 0 Å². The molecule has 0 aromatic carbocycles. The monoisotopic (exact) mass is 287 g/mol. The van der Waals surface area contributed by atoms with Crippen LogP contribution in [0.3, 0.4) is 0 Å². The highest BCUT2D eigenvalue weighted by Crippen LogP contribution is 2.30. The largest absolute Gasteiger partial charge is 0.396 e. The standard InChI is InChI=1S/C15H21N5O/c1-9(8-21)12-10(2)18-13-11(6-16)7-17-20(13)14(12)19-15(3,4)5/h7,9,19,21H,8H2,1-5H3. The van der Waals surface area contributed by atoms with Gasteiger partial charge in [-0.1, -0.05) is 6.92 Å². The van der Waals surface area contributed by atoms with Crippen molar-refractivity contribution >= 4 is 11.5 Å². The Morgan fingerprint density at radius 1 is 1.48 bits per heavy atom. The Balaban J connectivity index is 2.79. The number of nitriles is 1. The molecule has 2 aromatic heterocycles. The van der Waals surface area contributed by atoms with E-state index in [4.69, 9.17) is 5.26 Å². The summed E-state index contributed by atoms with van der Waals surface area (Å²) < 4.78 is 1.65. The van der Waals surface area contributed by atoms with E-state index < -0.39 is 0 Å². The molecule has 21 heavy (non-hydrogen) atoms. The van der Waals surface area contributed by atoms with Gasteiger partial charge in [-0.25, -0.2) is 4.98 Å². The van der Waals surface area contributed by atoms with Crippen LogP contribution in [0.1, 0.15) is 50.4 Å². The van der Waals surface area contributed by atoms with E-state index >= 15 is 0 Å². The molecular weight excluding hydrogens is 266 g/mol. The molecule has 0 aliphatic heterocycles. The molecule has 0 spiro atoms. The summed E-state index contributed by atoms with van der Waals surface area (Å²) in [6.45, 7) is 10.0. The Hall–Kier alpha value is -2.13. The zero-order valence-corrected chi connectivity index (χ0v) is 13.1. The summed E-state index contributed by atoms with van der Waals surface area (Å²) in [6.07, 6.45) is 1.52. The van der Waals surface area contributed by atoms with E-state index in [-0.39, 0.29) is 18.1 Å². The Bertz CT molecular complexity index is 705. The van der Waals surface area contributed by atoms with Crippen LogP contribution >= 0.6 is 0 Å². The molecule has 2 heterocycles. The van der Waals surface area contributed by atoms with Crippen LogP contribution in [-0.4, -0.2) is 31.9 Å². The van der Waals surface area contributed by atoms with Crippen molar-refractivity contribution in [2.45, 2.75) is 46.1 Å². The number of aromatic nitrogens is 3. The predicted octanol–water partition coefficient (Wildman–Crippen LogP) is 2.22. The van der Waals surface area contributed by atoms with E-state index in [0.717, 1.165) is 17.1 Å². The number of nitrogens with zero attached hydrogens (tertiary/aromatic N) is 4. The second-order valence-corrected chi connectivity index (χ2v) is 6.32. The number of aliphatic hydroxyl groups excluding tert-OH is 1. The Morgan fingerprint density at radius 2 is 2.14 bits per heavy atom. The summed E-state index contributed by atoms with van der Waals surface area (Å²) in [7, 11) is 0. The molecule has 0 radical (unpaired) electrons. The minimum atomic E-state index is -0.177. The molecule has 2 aromatic rings. The topological polar surface area (TPSA) is 86.2 Å². The van der Waals surface area contributed by atoms with E-state index in [1.54, 1.807) is 4.52 Å². The zero-order valence-electron chi connectivity index (χ0n) is 13.1. The predicted molar refractivity (Wildman–Crippen MR) is 81.3 cm³/mol. The van der Waals surface area contributed by atoms with Crippen LogP contribution in [0.15, 0.2) is 6.20 Å². The molecule has 0 saturated heterocycles. The first kappa shape index (κ1) is 15.3. The summed E-state index contributed by atoms with van der Waals surface area (Å²) >= 11 is 0. The van der Waals surface area contributed by atoms with Crippen molar-refractivity contribution in [3.63, 3.8) is 0 Å². The Labute approximate surface area is 124 Å². The van der Waals surface area contributed by atoms with Crippen LogP contribution < -0.4 is 5.32 Å². The van der Waals surface area contributed by atoms with Crippen molar-refractivity contribution in [3.05, 3.63) is 23.0 Å². The molecular formula is C15H21N5O. The maximum absolute atomic E-state index is 9.52. The van der Waals surface area contributed by atoms with Crippen molar-refractivity contribution in [2.75, 3.05) is 11.9 Å². The van der Waals surface area contributed by atoms with Crippen LogP contribution in [0.5, 0.6) is 0 Å². The number of aliphatic hydroxyl groups is 1. The van der Waals surface area contributed by atoms with Gasteiger partial charge in [0.1, 0.15) is 17.5 Å². The normalized spacial score (nSPS) is 13.2. The lowest BCUT2D eigenvalue weighted by atomic mass is 9.99. The van der Waals surface area contributed by atoms with Gasteiger partial charge in [0.2, 0.25) is 0 Å². The average molecular weight is 287 g/mol. The first-order valence-corrected chi connectivity index (χ1v) is 6.96. The van der Waals surface area contributed by atoms with Crippen molar-refractivity contribution < 1.29 is 5.11 Å². The third-order valence-corrected chi connectivity index (χ3v) is 3.25. The van der Waals surface area contributed by atoms with E-state index in [1.165, 1.54) is 6.20 Å². The lowest BCUT2D eigenvalue weighted by Gasteiger charge is -2.26. The van der Waals surface area contributed by atoms with Crippen LogP contribution in [0, 0.1) is 18.3 Å². The van der Waals surface area contributed by atoms with Gasteiger partial charge in [0.15, 0.2) is 5.65 Å². The molecule has 0 fully saturated rings. The summed E-state index contributed by atoms with van der Waals surface area (Å²) in [5, 5.41) is 26.4. The molecule has 0 aliphatic rings. The molecule has 0 amide bonds. The maximum Gasteiger partial charge on any atom is 0.175 e. The molecule has 6 nitrogen and oxygen atoms in total. The third-order valence-electron chi connectivity index (χ3n) is 3.25. The van der Waals surface area contributed by atoms with E-state index in [0.29, 0.717) is 11.2 Å². The van der Waals surface area contributed by atoms with Crippen molar-refractivity contribution in [1.82, 2.24) is 14.6 Å². The van der Waals surface area contributed by atoms with Gasteiger partial charge >= 0.3 is 0 Å². The van der Waals surface area contributed by atoms with Gasteiger partial charge in [-0.05, 0) is 27.7 Å². The summed E-state index contributed by atoms with van der Waals surface area (Å²) in [4.78, 5) is 4.49. The lowest BCUT2D eigenvalue weighted by Crippen LogP contribution is -2.29. The number of hydrogen-bond donors (Lipinski definition) is 2. The number of nitrogens with one attached hydrogen (secondary N) is 1. The maximum atomic E-state index is 9.52. The number of fused-ring (bicyclic) bond motifs is 1. The molecule has 0 saturated carbocycles. The fraction of sp³-hybridized carbons (Fsp3) is 0.533. The summed E-state index contributed by atoms with van der Waals surface area (Å²) in [5.74, 6) is 0.717. The first-order valence-electron chi connectivity index (χ1n) is 6.96. The van der Waals surface area contributed by atoms with E-state index in [2.05, 4.69) is 42.2 Å². The third kappa shape index (κ3) is 2.83. The molecule has 1 atom stereocenters. The van der Waals surface area contributed by atoms with Gasteiger partial charge < -0.3 is 10.4 Å². The highest BCUT2D eigenvalue weighted by atomic mass is 16.3. The Morgan fingerprint density at radius 3 is 2.67 bits per heavy atom. The molecule has 2 rings (SSSR count). The quantitative estimate of drug-likeness (QED) is 0.904. The summed E-state index contributed by atoms with van der Waals surface area (Å²) in [6, 6.07) is 2.11. The highest BCUT2D eigenvalue weighted by molar-refractivity contribution is 5.63. The second kappa shape index (κ2) is 5.34. The van der Waals surface area contributed by atoms with Crippen LogP contribution in [0.2, 0.25) is 0 Å². The van der Waals surface area contributed by atoms with Gasteiger partial charge in [0, 0.05) is 29.3 Å². The van der Waals surface area contributed by atoms with Gasteiger partial charge in [0.05, 0.1) is 6.20 Å². The average Bonchev–Trinajstić information content (AvgIpc) is 2.79. The highest BCUT2D eigenvalue weighted by Gasteiger charge is 2.23. The van der Waals surface area contributed by atoms with Gasteiger partial charge in [0.25, 0.3) is 0 Å². The minimum Gasteiger partial charge on any atom is -0.396 e. The fourth-order valence-corrected chi connectivity index (χ4v) is 2.35. The first-order chi connectivity index (χ1) is 9.78. The number of hydrogen-bond acceptors (Lipinski definition) is 5. The van der Waals surface area contributed by atoms with Crippen LogP contribution in [-0.2, 0) is 0 Å². The van der Waals surface area contributed by atoms with Gasteiger partial charge in [-0.15, -0.1) is 0 Å². The van der Waals surface area contributed by atoms with E-state index in [9.17, 15) is 5.11 Å². The van der Waals surface area contributed by atoms with Gasteiger partial charge in [-0.2, -0.15) is 14.9 Å². The van der Waals surface area contributed by atoms with Crippen LogP contribution in [0.4, 0.5) is 5.82 Å². The molecule has 0 aliphatic carbocycles. The van der Waals surface area contributed by atoms with E-state index in [1.807, 2.05) is 13.8 Å². The Kier molecular flexibility index (Phi) is 3.88. The minimum absolute atomic E-state index is 0.0270. The number of aryl methyl sites for hydroxylation is 1. The second-order valence-electron chi connectivity index (χ2n) is 6.32. The zero-order chi connectivity index (χ0) is 15.8. The lowest BCUT2D eigenvalue weighted by molar-refractivity contribution is 0.272. The number of anilines is 1. The number of rotatable bonds is 3.